The zero-order valence-corrected chi connectivity index (χ0v) is 13.2. The van der Waals surface area contributed by atoms with Crippen molar-refractivity contribution in [2.45, 2.75) is 31.2 Å². The first-order chi connectivity index (χ1) is 10.7. The number of hydrogen-bond donors (Lipinski definition) is 2. The molecule has 3 aromatic rings. The predicted octanol–water partition coefficient (Wildman–Crippen LogP) is 2.73. The molecule has 3 N–H and O–H groups in total. The second-order valence-electron chi connectivity index (χ2n) is 5.89. The van der Waals surface area contributed by atoms with E-state index in [1.807, 2.05) is 24.3 Å². The molecular formula is C16H17ClN4O2. The number of nitrogens with one attached hydrogen (secondary N) is 1. The van der Waals surface area contributed by atoms with E-state index < -0.39 is 5.54 Å². The lowest BCUT2D eigenvalue weighted by atomic mass is 9.99. The minimum Gasteiger partial charge on any atom is -0.334 e. The fourth-order valence-corrected chi connectivity index (χ4v) is 3.07. The van der Waals surface area contributed by atoms with Crippen LogP contribution in [0.3, 0.4) is 0 Å². The van der Waals surface area contributed by atoms with Crippen LogP contribution in [-0.2, 0) is 5.54 Å². The van der Waals surface area contributed by atoms with Crippen molar-refractivity contribution < 1.29 is 4.52 Å². The van der Waals surface area contributed by atoms with E-state index in [1.54, 1.807) is 6.07 Å². The highest BCUT2D eigenvalue weighted by Crippen LogP contribution is 2.35. The molecule has 7 heteroatoms. The van der Waals surface area contributed by atoms with Gasteiger partial charge in [-0.3, -0.25) is 4.79 Å². The van der Waals surface area contributed by atoms with Crippen molar-refractivity contribution in [2.24, 2.45) is 5.73 Å². The number of nitrogens with zero attached hydrogens (tertiary/aromatic N) is 2. The Morgan fingerprint density at radius 2 is 1.96 bits per heavy atom. The van der Waals surface area contributed by atoms with Gasteiger partial charge in [0.05, 0.1) is 5.54 Å². The van der Waals surface area contributed by atoms with Crippen LogP contribution < -0.4 is 11.3 Å². The summed E-state index contributed by atoms with van der Waals surface area (Å²) in [5.41, 5.74) is 6.72. The van der Waals surface area contributed by atoms with Crippen LogP contribution in [0.4, 0.5) is 0 Å². The van der Waals surface area contributed by atoms with Gasteiger partial charge in [-0.05, 0) is 30.4 Å². The first-order valence-electron chi connectivity index (χ1n) is 7.41. The van der Waals surface area contributed by atoms with Gasteiger partial charge in [0.15, 0.2) is 5.82 Å². The van der Waals surface area contributed by atoms with Gasteiger partial charge < -0.3 is 15.2 Å². The zero-order chi connectivity index (χ0) is 15.2. The van der Waals surface area contributed by atoms with Gasteiger partial charge in [-0.1, -0.05) is 36.2 Å². The van der Waals surface area contributed by atoms with Crippen LogP contribution in [0.25, 0.3) is 22.4 Å². The van der Waals surface area contributed by atoms with Crippen LogP contribution in [0, 0.1) is 0 Å². The number of para-hydroxylation sites is 1. The van der Waals surface area contributed by atoms with Crippen LogP contribution >= 0.6 is 12.4 Å². The summed E-state index contributed by atoms with van der Waals surface area (Å²) in [7, 11) is 0. The summed E-state index contributed by atoms with van der Waals surface area (Å²) in [6, 6.07) is 9.34. The summed E-state index contributed by atoms with van der Waals surface area (Å²) in [5.74, 6) is 0.714. The van der Waals surface area contributed by atoms with E-state index in [0.29, 0.717) is 11.4 Å². The normalized spacial score (nSPS) is 16.4. The third-order valence-corrected chi connectivity index (χ3v) is 4.35. The molecule has 0 bridgehead atoms. The van der Waals surface area contributed by atoms with Gasteiger partial charge >= 0.3 is 0 Å². The summed E-state index contributed by atoms with van der Waals surface area (Å²) in [5, 5.41) is 4.92. The molecule has 4 rings (SSSR count). The smallest absolute Gasteiger partial charge is 0.263 e. The number of pyridine rings is 1. The second-order valence-corrected chi connectivity index (χ2v) is 5.89. The molecule has 0 amide bonds. The first-order valence-corrected chi connectivity index (χ1v) is 7.41. The van der Waals surface area contributed by atoms with Crippen molar-refractivity contribution in [3.8, 4) is 11.5 Å². The summed E-state index contributed by atoms with van der Waals surface area (Å²) in [6.45, 7) is 0. The van der Waals surface area contributed by atoms with Crippen LogP contribution in [0.2, 0.25) is 0 Å². The number of H-pyrrole nitrogens is 1. The maximum Gasteiger partial charge on any atom is 0.263 e. The van der Waals surface area contributed by atoms with Crippen LogP contribution in [0.15, 0.2) is 39.6 Å². The first kappa shape index (κ1) is 15.7. The Balaban J connectivity index is 0.00000156. The average molecular weight is 333 g/mol. The second kappa shape index (κ2) is 5.79. The average Bonchev–Trinajstić information content (AvgIpc) is 3.16. The van der Waals surface area contributed by atoms with Gasteiger partial charge in [0.1, 0.15) is 5.56 Å². The number of hydrogen-bond acceptors (Lipinski definition) is 5. The van der Waals surface area contributed by atoms with E-state index in [2.05, 4.69) is 15.1 Å². The summed E-state index contributed by atoms with van der Waals surface area (Å²) >= 11 is 0. The molecule has 0 unspecified atom stereocenters. The predicted molar refractivity (Wildman–Crippen MR) is 89.4 cm³/mol. The van der Waals surface area contributed by atoms with E-state index in [0.717, 1.165) is 36.6 Å². The standard InChI is InChI=1S/C16H16N4O2.ClH/c17-16(7-3-4-8-16)15-19-14(22-20-15)11-9-10-5-1-2-6-12(10)18-13(11)21;/h1-2,5-6,9H,3-4,7-8,17H2,(H,18,21);1H. The Kier molecular flexibility index (Phi) is 3.95. The van der Waals surface area contributed by atoms with E-state index in [-0.39, 0.29) is 23.9 Å². The molecule has 2 aromatic heterocycles. The third kappa shape index (κ3) is 2.64. The number of aromatic amines is 1. The fraction of sp³-hybridized carbons (Fsp3) is 0.312. The van der Waals surface area contributed by atoms with Crippen molar-refractivity contribution in [3.63, 3.8) is 0 Å². The topological polar surface area (TPSA) is 97.8 Å². The Morgan fingerprint density at radius 1 is 1.22 bits per heavy atom. The molecular weight excluding hydrogens is 316 g/mol. The Labute approximate surface area is 138 Å². The van der Waals surface area contributed by atoms with Crippen LogP contribution in [-0.4, -0.2) is 15.1 Å². The molecule has 1 aliphatic rings. The SMILES string of the molecule is Cl.NC1(c2noc(-c3cc4ccccc4[nH]c3=O)n2)CCCC1. The number of fused-ring (bicyclic) bond motifs is 1. The Hall–Kier alpha value is -2.18. The molecule has 2 heterocycles. The number of rotatable bonds is 2. The van der Waals surface area contributed by atoms with E-state index in [9.17, 15) is 4.79 Å². The van der Waals surface area contributed by atoms with E-state index >= 15 is 0 Å². The molecule has 0 atom stereocenters. The van der Waals surface area contributed by atoms with Gasteiger partial charge in [0.2, 0.25) is 0 Å². The van der Waals surface area contributed by atoms with Crippen molar-refractivity contribution >= 4 is 23.3 Å². The lowest BCUT2D eigenvalue weighted by Crippen LogP contribution is -2.34. The van der Waals surface area contributed by atoms with Gasteiger partial charge in [-0.15, -0.1) is 12.4 Å². The number of benzene rings is 1. The maximum absolute atomic E-state index is 12.2. The number of aromatic nitrogens is 3. The molecule has 1 aliphatic carbocycles. The molecule has 0 saturated heterocycles. The van der Waals surface area contributed by atoms with Crippen molar-refractivity contribution in [2.75, 3.05) is 0 Å². The van der Waals surface area contributed by atoms with Gasteiger partial charge in [-0.25, -0.2) is 0 Å². The maximum atomic E-state index is 12.2. The molecule has 0 spiro atoms. The lowest BCUT2D eigenvalue weighted by Gasteiger charge is -2.17. The minimum atomic E-state index is -0.522. The lowest BCUT2D eigenvalue weighted by molar-refractivity contribution is 0.372. The van der Waals surface area contributed by atoms with Gasteiger partial charge in [0, 0.05) is 5.52 Å². The van der Waals surface area contributed by atoms with Crippen LogP contribution in [0.1, 0.15) is 31.5 Å². The van der Waals surface area contributed by atoms with Crippen molar-refractivity contribution in [1.82, 2.24) is 15.1 Å². The summed E-state index contributed by atoms with van der Waals surface area (Å²) in [4.78, 5) is 19.4. The molecule has 1 fully saturated rings. The molecule has 0 radical (unpaired) electrons. The zero-order valence-electron chi connectivity index (χ0n) is 12.4. The Bertz CT molecular complexity index is 896. The molecule has 1 aromatic carbocycles. The highest BCUT2D eigenvalue weighted by Gasteiger charge is 2.36. The Morgan fingerprint density at radius 3 is 2.74 bits per heavy atom. The number of nitrogens with two attached hydrogens (primary N) is 1. The van der Waals surface area contributed by atoms with Crippen molar-refractivity contribution in [3.05, 3.63) is 46.5 Å². The van der Waals surface area contributed by atoms with E-state index in [4.69, 9.17) is 10.3 Å². The monoisotopic (exact) mass is 332 g/mol. The van der Waals surface area contributed by atoms with E-state index in [1.165, 1.54) is 0 Å². The molecule has 120 valence electrons. The van der Waals surface area contributed by atoms with Crippen molar-refractivity contribution in [1.29, 1.82) is 0 Å². The molecule has 1 saturated carbocycles. The fourth-order valence-electron chi connectivity index (χ4n) is 3.07. The number of halogens is 1. The summed E-state index contributed by atoms with van der Waals surface area (Å²) < 4.78 is 5.30. The third-order valence-electron chi connectivity index (χ3n) is 4.35. The highest BCUT2D eigenvalue weighted by atomic mass is 35.5. The summed E-state index contributed by atoms with van der Waals surface area (Å²) in [6.07, 6.45) is 3.83. The highest BCUT2D eigenvalue weighted by molar-refractivity contribution is 5.85. The molecule has 0 aliphatic heterocycles. The van der Waals surface area contributed by atoms with Gasteiger partial charge in [0.25, 0.3) is 11.4 Å². The minimum absolute atomic E-state index is 0. The molecule has 6 nitrogen and oxygen atoms in total. The molecule has 23 heavy (non-hydrogen) atoms. The van der Waals surface area contributed by atoms with Crippen LogP contribution in [0.5, 0.6) is 0 Å². The van der Waals surface area contributed by atoms with Gasteiger partial charge in [-0.2, -0.15) is 4.98 Å². The quantitative estimate of drug-likeness (QED) is 0.752. The largest absolute Gasteiger partial charge is 0.334 e.